The number of hydrogen-bond donors (Lipinski definition) is 1. The van der Waals surface area contributed by atoms with Gasteiger partial charge in [0, 0.05) is 18.2 Å². The van der Waals surface area contributed by atoms with Crippen LogP contribution >= 0.6 is 0 Å². The summed E-state index contributed by atoms with van der Waals surface area (Å²) in [6, 6.07) is 7.84. The molecule has 1 aliphatic carbocycles. The van der Waals surface area contributed by atoms with Crippen molar-refractivity contribution in [3.8, 4) is 0 Å². The lowest BCUT2D eigenvalue weighted by atomic mass is 10.1. The molecule has 88 valence electrons. The zero-order valence-corrected chi connectivity index (χ0v) is 10.4. The molecule has 4 heteroatoms. The van der Waals surface area contributed by atoms with Gasteiger partial charge < -0.3 is 5.73 Å². The van der Waals surface area contributed by atoms with E-state index in [4.69, 9.17) is 5.73 Å². The van der Waals surface area contributed by atoms with E-state index < -0.39 is 9.84 Å². The fraction of sp³-hybridized carbons (Fsp3) is 0.500. The summed E-state index contributed by atoms with van der Waals surface area (Å²) in [7, 11) is -3.02. The van der Waals surface area contributed by atoms with Crippen LogP contribution in [0, 0.1) is 0 Å². The summed E-state index contributed by atoms with van der Waals surface area (Å²) in [6.45, 7) is 2.09. The highest BCUT2D eigenvalue weighted by atomic mass is 32.2. The van der Waals surface area contributed by atoms with E-state index in [0.717, 1.165) is 12.0 Å². The number of benzene rings is 1. The first-order chi connectivity index (χ1) is 7.45. The third-order valence-corrected chi connectivity index (χ3v) is 4.87. The smallest absolute Gasteiger partial charge is 0.152 e. The largest absolute Gasteiger partial charge is 0.326 e. The summed E-state index contributed by atoms with van der Waals surface area (Å²) in [6.07, 6.45) is 2.25. The highest BCUT2D eigenvalue weighted by Crippen LogP contribution is 2.44. The molecular formula is C12H17NO2S. The Kier molecular flexibility index (Phi) is 2.80. The highest BCUT2D eigenvalue weighted by Gasteiger charge is 2.54. The lowest BCUT2D eigenvalue weighted by molar-refractivity contribution is 0.599. The minimum atomic E-state index is -3.02. The van der Waals surface area contributed by atoms with Crippen molar-refractivity contribution in [1.29, 1.82) is 0 Å². The van der Waals surface area contributed by atoms with Gasteiger partial charge in [0.25, 0.3) is 0 Å². The Labute approximate surface area is 96.6 Å². The molecular weight excluding hydrogens is 222 g/mol. The molecule has 0 bridgehead atoms. The van der Waals surface area contributed by atoms with Gasteiger partial charge in [0.2, 0.25) is 0 Å². The Bertz CT molecular complexity index is 478. The molecule has 2 N–H and O–H groups in total. The lowest BCUT2D eigenvalue weighted by Crippen LogP contribution is -2.13. The average molecular weight is 239 g/mol. The Hall–Kier alpha value is -0.870. The van der Waals surface area contributed by atoms with Crippen molar-refractivity contribution >= 4 is 9.84 Å². The molecule has 0 amide bonds. The standard InChI is InChI=1S/C12H17NO2S/c1-3-8-4-6-9(7-5-8)10-11(13)12(10)16(2,14)15/h4-7,10-12H,3,13H2,1-2H3/t10-,11-,12+/m1/s1. The number of nitrogens with two attached hydrogens (primary N) is 1. The van der Waals surface area contributed by atoms with Crippen molar-refractivity contribution in [2.75, 3.05) is 6.26 Å². The zero-order valence-electron chi connectivity index (χ0n) is 9.55. The lowest BCUT2D eigenvalue weighted by Gasteiger charge is -2.01. The van der Waals surface area contributed by atoms with E-state index in [1.807, 2.05) is 24.3 Å². The first-order valence-corrected chi connectivity index (χ1v) is 7.44. The van der Waals surface area contributed by atoms with Gasteiger partial charge in [-0.2, -0.15) is 0 Å². The predicted molar refractivity (Wildman–Crippen MR) is 65.2 cm³/mol. The van der Waals surface area contributed by atoms with E-state index in [1.54, 1.807) is 0 Å². The van der Waals surface area contributed by atoms with Gasteiger partial charge in [-0.15, -0.1) is 0 Å². The van der Waals surface area contributed by atoms with Gasteiger partial charge >= 0.3 is 0 Å². The van der Waals surface area contributed by atoms with Gasteiger partial charge in [-0.05, 0) is 17.5 Å². The maximum absolute atomic E-state index is 11.4. The maximum Gasteiger partial charge on any atom is 0.152 e. The van der Waals surface area contributed by atoms with E-state index in [9.17, 15) is 8.42 Å². The Balaban J connectivity index is 2.21. The van der Waals surface area contributed by atoms with E-state index in [2.05, 4.69) is 6.92 Å². The SMILES string of the molecule is CCc1ccc([C@@H]2[C@@H](N)[C@H]2S(C)(=O)=O)cc1. The summed E-state index contributed by atoms with van der Waals surface area (Å²) in [5, 5.41) is -0.389. The fourth-order valence-electron chi connectivity index (χ4n) is 2.24. The molecule has 0 saturated heterocycles. The van der Waals surface area contributed by atoms with Crippen LogP contribution in [0.2, 0.25) is 0 Å². The molecule has 1 saturated carbocycles. The van der Waals surface area contributed by atoms with Gasteiger partial charge in [-0.25, -0.2) is 8.42 Å². The third-order valence-electron chi connectivity index (χ3n) is 3.27. The normalized spacial score (nSPS) is 29.1. The van der Waals surface area contributed by atoms with Crippen molar-refractivity contribution in [2.24, 2.45) is 5.73 Å². The van der Waals surface area contributed by atoms with Gasteiger partial charge in [-0.1, -0.05) is 31.2 Å². The van der Waals surface area contributed by atoms with Gasteiger partial charge in [-0.3, -0.25) is 0 Å². The van der Waals surface area contributed by atoms with E-state index in [1.165, 1.54) is 11.8 Å². The Morgan fingerprint density at radius 2 is 1.81 bits per heavy atom. The molecule has 1 aromatic carbocycles. The molecule has 3 atom stereocenters. The molecule has 0 radical (unpaired) electrons. The molecule has 2 rings (SSSR count). The van der Waals surface area contributed by atoms with Gasteiger partial charge in [0.15, 0.2) is 9.84 Å². The number of sulfone groups is 1. The van der Waals surface area contributed by atoms with Crippen LogP contribution in [0.4, 0.5) is 0 Å². The van der Waals surface area contributed by atoms with Crippen LogP contribution in [0.5, 0.6) is 0 Å². The number of aryl methyl sites for hydroxylation is 1. The molecule has 0 heterocycles. The summed E-state index contributed by atoms with van der Waals surface area (Å²) in [4.78, 5) is 0. The predicted octanol–water partition coefficient (Wildman–Crippen LogP) is 1.09. The maximum atomic E-state index is 11.4. The van der Waals surface area contributed by atoms with E-state index in [0.29, 0.717) is 0 Å². The number of rotatable bonds is 3. The quantitative estimate of drug-likeness (QED) is 0.859. The summed E-state index contributed by atoms with van der Waals surface area (Å²) in [5.41, 5.74) is 8.12. The molecule has 0 aliphatic heterocycles. The minimum absolute atomic E-state index is 0.0130. The topological polar surface area (TPSA) is 60.2 Å². The first-order valence-electron chi connectivity index (χ1n) is 5.48. The molecule has 0 unspecified atom stereocenters. The molecule has 1 fully saturated rings. The van der Waals surface area contributed by atoms with Crippen molar-refractivity contribution in [1.82, 2.24) is 0 Å². The Morgan fingerprint density at radius 3 is 2.19 bits per heavy atom. The van der Waals surface area contributed by atoms with Crippen LogP contribution in [-0.4, -0.2) is 26.0 Å². The van der Waals surface area contributed by atoms with Gasteiger partial charge in [0.05, 0.1) is 5.25 Å². The van der Waals surface area contributed by atoms with Crippen molar-refractivity contribution in [3.63, 3.8) is 0 Å². The molecule has 1 aliphatic rings. The zero-order chi connectivity index (χ0) is 11.9. The van der Waals surface area contributed by atoms with Crippen LogP contribution in [0.1, 0.15) is 24.0 Å². The average Bonchev–Trinajstić information content (AvgIpc) is 2.90. The molecule has 1 aromatic rings. The van der Waals surface area contributed by atoms with Crippen LogP contribution < -0.4 is 5.73 Å². The van der Waals surface area contributed by atoms with Crippen molar-refractivity contribution in [3.05, 3.63) is 35.4 Å². The number of hydrogen-bond acceptors (Lipinski definition) is 3. The summed E-state index contributed by atoms with van der Waals surface area (Å²) >= 11 is 0. The van der Waals surface area contributed by atoms with Crippen LogP contribution in [0.15, 0.2) is 24.3 Å². The van der Waals surface area contributed by atoms with Crippen LogP contribution in [0.25, 0.3) is 0 Å². The molecule has 16 heavy (non-hydrogen) atoms. The third kappa shape index (κ3) is 1.99. The molecule has 0 aromatic heterocycles. The Morgan fingerprint density at radius 1 is 1.25 bits per heavy atom. The second kappa shape index (κ2) is 3.86. The second-order valence-corrected chi connectivity index (χ2v) is 6.70. The van der Waals surface area contributed by atoms with E-state index in [-0.39, 0.29) is 17.2 Å². The van der Waals surface area contributed by atoms with Crippen LogP contribution in [0.3, 0.4) is 0 Å². The van der Waals surface area contributed by atoms with Crippen molar-refractivity contribution in [2.45, 2.75) is 30.6 Å². The van der Waals surface area contributed by atoms with Gasteiger partial charge in [0.1, 0.15) is 0 Å². The first kappa shape index (κ1) is 11.6. The monoisotopic (exact) mass is 239 g/mol. The van der Waals surface area contributed by atoms with Crippen molar-refractivity contribution < 1.29 is 8.42 Å². The molecule has 0 spiro atoms. The second-order valence-electron chi connectivity index (χ2n) is 4.49. The van der Waals surface area contributed by atoms with E-state index >= 15 is 0 Å². The molecule has 3 nitrogen and oxygen atoms in total. The van der Waals surface area contributed by atoms with Crippen LogP contribution in [-0.2, 0) is 16.3 Å². The highest BCUT2D eigenvalue weighted by molar-refractivity contribution is 7.91. The summed E-state index contributed by atoms with van der Waals surface area (Å²) in [5.74, 6) is -0.0130. The summed E-state index contributed by atoms with van der Waals surface area (Å²) < 4.78 is 22.9. The minimum Gasteiger partial charge on any atom is -0.326 e. The fourth-order valence-corrected chi connectivity index (χ4v) is 3.77.